The average molecular weight is 419 g/mol. The Bertz CT molecular complexity index is 911. The van der Waals surface area contributed by atoms with Gasteiger partial charge in [-0.05, 0) is 43.9 Å². The van der Waals surface area contributed by atoms with Crippen molar-refractivity contribution in [3.8, 4) is 5.75 Å². The minimum atomic E-state index is -3.66. The van der Waals surface area contributed by atoms with Gasteiger partial charge in [-0.15, -0.1) is 0 Å². The summed E-state index contributed by atoms with van der Waals surface area (Å²) in [6.07, 6.45) is 3.10. The van der Waals surface area contributed by atoms with E-state index in [9.17, 15) is 13.2 Å². The molecule has 0 aromatic heterocycles. The van der Waals surface area contributed by atoms with Gasteiger partial charge in [0.15, 0.2) is 0 Å². The second-order valence-electron chi connectivity index (χ2n) is 7.06. The van der Waals surface area contributed by atoms with Crippen molar-refractivity contribution in [2.24, 2.45) is 0 Å². The molecule has 29 heavy (non-hydrogen) atoms. The summed E-state index contributed by atoms with van der Waals surface area (Å²) in [5.41, 5.74) is 2.84. The molecular weight excluding hydrogens is 388 g/mol. The Morgan fingerprint density at radius 1 is 1.17 bits per heavy atom. The van der Waals surface area contributed by atoms with Crippen LogP contribution in [0.25, 0.3) is 0 Å². The number of nitrogens with zero attached hydrogens (tertiary/aromatic N) is 1. The SMILES string of the molecule is CCC(C(=O)NCCCc1ccc(C)cc1)N(c1cccc(OC)c1)S(C)(=O)=O. The van der Waals surface area contributed by atoms with E-state index in [1.807, 2.05) is 6.92 Å². The lowest BCUT2D eigenvalue weighted by atomic mass is 10.1. The summed E-state index contributed by atoms with van der Waals surface area (Å²) >= 11 is 0. The van der Waals surface area contributed by atoms with Gasteiger partial charge in [0.1, 0.15) is 11.8 Å². The summed E-state index contributed by atoms with van der Waals surface area (Å²) in [6, 6.07) is 14.2. The molecule has 0 saturated heterocycles. The van der Waals surface area contributed by atoms with Crippen LogP contribution in [0.4, 0.5) is 5.69 Å². The first-order valence-corrected chi connectivity index (χ1v) is 11.6. The lowest BCUT2D eigenvalue weighted by Crippen LogP contribution is -2.49. The standard InChI is InChI=1S/C22H30N2O4S/c1-5-21(22(25)23-15-7-8-18-13-11-17(2)12-14-18)24(29(4,26)27)19-9-6-10-20(16-19)28-3/h6,9-14,16,21H,5,7-8,15H2,1-4H3,(H,23,25). The maximum absolute atomic E-state index is 12.8. The Morgan fingerprint density at radius 3 is 2.45 bits per heavy atom. The molecule has 2 aromatic carbocycles. The highest BCUT2D eigenvalue weighted by atomic mass is 32.2. The molecule has 0 aliphatic carbocycles. The normalized spacial score (nSPS) is 12.3. The summed E-state index contributed by atoms with van der Waals surface area (Å²) in [5.74, 6) is 0.231. The van der Waals surface area contributed by atoms with Crippen LogP contribution in [0.3, 0.4) is 0 Å². The number of benzene rings is 2. The minimum Gasteiger partial charge on any atom is -0.497 e. The molecule has 6 nitrogen and oxygen atoms in total. The number of carbonyl (C=O) groups excluding carboxylic acids is 1. The van der Waals surface area contributed by atoms with Crippen molar-refractivity contribution >= 4 is 21.6 Å². The van der Waals surface area contributed by atoms with E-state index in [0.29, 0.717) is 24.4 Å². The van der Waals surface area contributed by atoms with E-state index in [-0.39, 0.29) is 5.91 Å². The predicted molar refractivity (Wildman–Crippen MR) is 117 cm³/mol. The number of nitrogens with one attached hydrogen (secondary N) is 1. The fraction of sp³-hybridized carbons (Fsp3) is 0.409. The molecule has 0 aliphatic heterocycles. The van der Waals surface area contributed by atoms with E-state index in [0.717, 1.165) is 19.1 Å². The first-order chi connectivity index (χ1) is 13.8. The van der Waals surface area contributed by atoms with Gasteiger partial charge in [0, 0.05) is 12.6 Å². The van der Waals surface area contributed by atoms with E-state index in [2.05, 4.69) is 29.6 Å². The quantitative estimate of drug-likeness (QED) is 0.601. The van der Waals surface area contributed by atoms with Crippen molar-refractivity contribution in [2.75, 3.05) is 24.2 Å². The fourth-order valence-electron chi connectivity index (χ4n) is 3.18. The van der Waals surface area contributed by atoms with Gasteiger partial charge in [0.05, 0.1) is 19.1 Å². The second kappa shape index (κ2) is 10.3. The number of sulfonamides is 1. The molecule has 0 radical (unpaired) electrons. The van der Waals surface area contributed by atoms with E-state index in [1.165, 1.54) is 22.5 Å². The molecule has 2 aromatic rings. The van der Waals surface area contributed by atoms with Crippen LogP contribution in [-0.2, 0) is 21.2 Å². The number of aryl methyl sites for hydroxylation is 2. The van der Waals surface area contributed by atoms with Gasteiger partial charge < -0.3 is 10.1 Å². The Hall–Kier alpha value is -2.54. The summed E-state index contributed by atoms with van der Waals surface area (Å²) in [7, 11) is -2.14. The summed E-state index contributed by atoms with van der Waals surface area (Å²) in [6.45, 7) is 4.33. The first kappa shape index (κ1) is 22.7. The fourth-order valence-corrected chi connectivity index (χ4v) is 4.39. The van der Waals surface area contributed by atoms with Crippen LogP contribution in [-0.4, -0.2) is 40.3 Å². The molecule has 1 atom stereocenters. The molecule has 0 aliphatic rings. The summed E-state index contributed by atoms with van der Waals surface area (Å²) < 4.78 is 31.3. The molecule has 0 saturated carbocycles. The molecule has 7 heteroatoms. The van der Waals surface area contributed by atoms with Crippen molar-refractivity contribution < 1.29 is 17.9 Å². The average Bonchev–Trinajstić information content (AvgIpc) is 2.69. The number of anilines is 1. The van der Waals surface area contributed by atoms with Gasteiger partial charge >= 0.3 is 0 Å². The van der Waals surface area contributed by atoms with Crippen LogP contribution in [0.15, 0.2) is 48.5 Å². The Labute approximate surface area is 173 Å². The van der Waals surface area contributed by atoms with Crippen LogP contribution in [0.2, 0.25) is 0 Å². The van der Waals surface area contributed by atoms with Crippen molar-refractivity contribution in [3.05, 3.63) is 59.7 Å². The number of methoxy groups -OCH3 is 1. The molecule has 158 valence electrons. The smallest absolute Gasteiger partial charge is 0.243 e. The zero-order chi connectivity index (χ0) is 21.4. The molecule has 0 spiro atoms. The number of rotatable bonds is 10. The Kier molecular flexibility index (Phi) is 8.08. The Balaban J connectivity index is 2.06. The van der Waals surface area contributed by atoms with Gasteiger partial charge in [-0.25, -0.2) is 8.42 Å². The largest absolute Gasteiger partial charge is 0.497 e. The van der Waals surface area contributed by atoms with Crippen molar-refractivity contribution in [2.45, 2.75) is 39.2 Å². The highest BCUT2D eigenvalue weighted by Gasteiger charge is 2.31. The zero-order valence-electron chi connectivity index (χ0n) is 17.5. The van der Waals surface area contributed by atoms with E-state index >= 15 is 0 Å². The Morgan fingerprint density at radius 2 is 1.86 bits per heavy atom. The zero-order valence-corrected chi connectivity index (χ0v) is 18.3. The number of carbonyl (C=O) groups is 1. The molecule has 1 unspecified atom stereocenters. The molecule has 0 heterocycles. The number of hydrogen-bond donors (Lipinski definition) is 1. The maximum atomic E-state index is 12.8. The third-order valence-corrected chi connectivity index (χ3v) is 5.88. The van der Waals surface area contributed by atoms with Crippen LogP contribution in [0.1, 0.15) is 30.9 Å². The third kappa shape index (κ3) is 6.49. The lowest BCUT2D eigenvalue weighted by Gasteiger charge is -2.30. The van der Waals surface area contributed by atoms with Crippen LogP contribution < -0.4 is 14.4 Å². The topological polar surface area (TPSA) is 75.7 Å². The van der Waals surface area contributed by atoms with Gasteiger partial charge in [-0.1, -0.05) is 42.8 Å². The molecule has 0 bridgehead atoms. The van der Waals surface area contributed by atoms with Crippen molar-refractivity contribution in [1.82, 2.24) is 5.32 Å². The van der Waals surface area contributed by atoms with Gasteiger partial charge in [0.25, 0.3) is 0 Å². The van der Waals surface area contributed by atoms with Crippen LogP contribution >= 0.6 is 0 Å². The molecule has 1 N–H and O–H groups in total. The predicted octanol–water partition coefficient (Wildman–Crippen LogP) is 3.30. The third-order valence-electron chi connectivity index (χ3n) is 4.70. The number of hydrogen-bond acceptors (Lipinski definition) is 4. The van der Waals surface area contributed by atoms with E-state index in [1.54, 1.807) is 31.2 Å². The molecule has 0 fully saturated rings. The molecule has 1 amide bonds. The van der Waals surface area contributed by atoms with Crippen LogP contribution in [0, 0.1) is 6.92 Å². The summed E-state index contributed by atoms with van der Waals surface area (Å²) in [4.78, 5) is 12.8. The van der Waals surface area contributed by atoms with Crippen LogP contribution in [0.5, 0.6) is 5.75 Å². The highest BCUT2D eigenvalue weighted by molar-refractivity contribution is 7.92. The van der Waals surface area contributed by atoms with Gasteiger partial charge in [0.2, 0.25) is 15.9 Å². The summed E-state index contributed by atoms with van der Waals surface area (Å²) in [5, 5.41) is 2.89. The highest BCUT2D eigenvalue weighted by Crippen LogP contribution is 2.26. The molecule has 2 rings (SSSR count). The number of amides is 1. The van der Waals surface area contributed by atoms with E-state index in [4.69, 9.17) is 4.74 Å². The van der Waals surface area contributed by atoms with Gasteiger partial charge in [-0.3, -0.25) is 9.10 Å². The molecular formula is C22H30N2O4S. The van der Waals surface area contributed by atoms with Crippen molar-refractivity contribution in [1.29, 1.82) is 0 Å². The van der Waals surface area contributed by atoms with Gasteiger partial charge in [-0.2, -0.15) is 0 Å². The second-order valence-corrected chi connectivity index (χ2v) is 8.92. The number of ether oxygens (including phenoxy) is 1. The van der Waals surface area contributed by atoms with E-state index < -0.39 is 16.1 Å². The minimum absolute atomic E-state index is 0.301. The lowest BCUT2D eigenvalue weighted by molar-refractivity contribution is -0.122. The maximum Gasteiger partial charge on any atom is 0.243 e. The monoisotopic (exact) mass is 418 g/mol. The first-order valence-electron chi connectivity index (χ1n) is 9.73. The van der Waals surface area contributed by atoms with Crippen molar-refractivity contribution in [3.63, 3.8) is 0 Å².